The smallest absolute Gasteiger partial charge is 0.0701 e. The van der Waals surface area contributed by atoms with Gasteiger partial charge in [-0.05, 0) is 38.5 Å². The van der Waals surface area contributed by atoms with Crippen LogP contribution in [-0.4, -0.2) is 18.0 Å². The largest absolute Gasteiger partial charge is 0.329 e. The van der Waals surface area contributed by atoms with Gasteiger partial charge >= 0.3 is 0 Å². The number of nitrogens with two attached hydrogens (primary N) is 1. The molecule has 96 valence electrons. The third-order valence-electron chi connectivity index (χ3n) is 2.72. The van der Waals surface area contributed by atoms with E-state index in [0.717, 1.165) is 19.6 Å². The van der Waals surface area contributed by atoms with Gasteiger partial charge in [-0.25, -0.2) is 0 Å². The van der Waals surface area contributed by atoms with Gasteiger partial charge in [0.25, 0.3) is 0 Å². The lowest BCUT2D eigenvalue weighted by Gasteiger charge is -2.21. The third kappa shape index (κ3) is 4.21. The summed E-state index contributed by atoms with van der Waals surface area (Å²) in [6.07, 6.45) is 0. The van der Waals surface area contributed by atoms with Crippen LogP contribution >= 0.6 is 27.3 Å². The highest BCUT2D eigenvalue weighted by atomic mass is 79.9. The van der Waals surface area contributed by atoms with E-state index in [2.05, 4.69) is 56.5 Å². The fourth-order valence-corrected chi connectivity index (χ4v) is 3.13. The van der Waals surface area contributed by atoms with Gasteiger partial charge in [-0.2, -0.15) is 0 Å². The summed E-state index contributed by atoms with van der Waals surface area (Å²) in [5, 5.41) is 2.19. The summed E-state index contributed by atoms with van der Waals surface area (Å²) in [6, 6.07) is 12.7. The predicted octanol–water partition coefficient (Wildman–Crippen LogP) is 3.47. The summed E-state index contributed by atoms with van der Waals surface area (Å²) < 4.78 is 1.19. The van der Waals surface area contributed by atoms with E-state index in [1.54, 1.807) is 11.3 Å². The molecular formula is C14H17BrN2S. The maximum atomic E-state index is 5.69. The molecule has 1 aromatic heterocycles. The Labute approximate surface area is 121 Å². The first-order valence-corrected chi connectivity index (χ1v) is 7.64. The van der Waals surface area contributed by atoms with Crippen molar-refractivity contribution in [2.24, 2.45) is 5.73 Å². The lowest BCUT2D eigenvalue weighted by atomic mass is 10.2. The molecule has 1 heterocycles. The van der Waals surface area contributed by atoms with Gasteiger partial charge in [0.15, 0.2) is 0 Å². The van der Waals surface area contributed by atoms with E-state index in [-0.39, 0.29) is 0 Å². The maximum Gasteiger partial charge on any atom is 0.0701 e. The molecule has 0 bridgehead atoms. The molecule has 0 aliphatic carbocycles. The highest BCUT2D eigenvalue weighted by molar-refractivity contribution is 9.11. The first-order chi connectivity index (χ1) is 8.78. The fourth-order valence-electron chi connectivity index (χ4n) is 1.93. The van der Waals surface area contributed by atoms with Gasteiger partial charge in [-0.15, -0.1) is 11.3 Å². The number of nitrogens with zero attached hydrogens (tertiary/aromatic N) is 1. The number of hydrogen-bond acceptors (Lipinski definition) is 3. The molecule has 2 aromatic rings. The Balaban J connectivity index is 1.99. The zero-order valence-corrected chi connectivity index (χ0v) is 12.6. The Morgan fingerprint density at radius 2 is 1.83 bits per heavy atom. The second-order valence-corrected chi connectivity index (χ2v) is 6.53. The second kappa shape index (κ2) is 7.04. The fraction of sp³-hybridized carbons (Fsp3) is 0.286. The first kappa shape index (κ1) is 13.7. The van der Waals surface area contributed by atoms with Crippen LogP contribution < -0.4 is 5.73 Å². The van der Waals surface area contributed by atoms with Crippen molar-refractivity contribution in [2.75, 3.05) is 13.1 Å². The van der Waals surface area contributed by atoms with Crippen LogP contribution in [0.1, 0.15) is 11.1 Å². The average molecular weight is 325 g/mol. The van der Waals surface area contributed by atoms with Crippen LogP contribution in [0.4, 0.5) is 0 Å². The Kier molecular flexibility index (Phi) is 5.38. The lowest BCUT2D eigenvalue weighted by molar-refractivity contribution is 0.264. The molecule has 0 saturated carbocycles. The highest BCUT2D eigenvalue weighted by Crippen LogP contribution is 2.22. The Morgan fingerprint density at radius 3 is 2.44 bits per heavy atom. The minimum Gasteiger partial charge on any atom is -0.329 e. The van der Waals surface area contributed by atoms with Crippen molar-refractivity contribution in [1.82, 2.24) is 4.90 Å². The van der Waals surface area contributed by atoms with Crippen LogP contribution in [0.25, 0.3) is 0 Å². The Hall–Kier alpha value is -0.680. The summed E-state index contributed by atoms with van der Waals surface area (Å²) in [4.78, 5) is 2.38. The summed E-state index contributed by atoms with van der Waals surface area (Å²) >= 11 is 5.23. The standard InChI is InChI=1S/C14H17BrN2S/c15-14-8-13(11-18-14)10-17(7-6-16)9-12-4-2-1-3-5-12/h1-5,8,11H,6-7,9-10,16H2. The number of thiophene rings is 1. The molecule has 0 fully saturated rings. The maximum absolute atomic E-state index is 5.69. The molecule has 4 heteroatoms. The van der Waals surface area contributed by atoms with E-state index in [1.165, 1.54) is 14.9 Å². The van der Waals surface area contributed by atoms with Crippen LogP contribution in [0.2, 0.25) is 0 Å². The minimum absolute atomic E-state index is 0.693. The van der Waals surface area contributed by atoms with E-state index < -0.39 is 0 Å². The molecule has 18 heavy (non-hydrogen) atoms. The van der Waals surface area contributed by atoms with E-state index >= 15 is 0 Å². The highest BCUT2D eigenvalue weighted by Gasteiger charge is 2.07. The van der Waals surface area contributed by atoms with Crippen LogP contribution in [0.5, 0.6) is 0 Å². The molecule has 0 atom stereocenters. The van der Waals surface area contributed by atoms with Crippen molar-refractivity contribution < 1.29 is 0 Å². The van der Waals surface area contributed by atoms with E-state index in [0.29, 0.717) is 6.54 Å². The predicted molar refractivity (Wildman–Crippen MR) is 81.6 cm³/mol. The third-order valence-corrected chi connectivity index (χ3v) is 4.28. The molecule has 0 saturated heterocycles. The molecule has 2 rings (SSSR count). The molecule has 0 aliphatic heterocycles. The van der Waals surface area contributed by atoms with Gasteiger partial charge in [0.05, 0.1) is 3.79 Å². The molecule has 0 aliphatic rings. The summed E-state index contributed by atoms with van der Waals surface area (Å²) in [5.41, 5.74) is 8.37. The van der Waals surface area contributed by atoms with Crippen LogP contribution in [0, 0.1) is 0 Å². The second-order valence-electron chi connectivity index (χ2n) is 4.24. The monoisotopic (exact) mass is 324 g/mol. The number of halogens is 1. The van der Waals surface area contributed by atoms with E-state index in [1.807, 2.05) is 6.07 Å². The normalized spacial score (nSPS) is 11.1. The molecule has 0 unspecified atom stereocenters. The van der Waals surface area contributed by atoms with Gasteiger partial charge in [-0.1, -0.05) is 30.3 Å². The van der Waals surface area contributed by atoms with Gasteiger partial charge in [0, 0.05) is 26.2 Å². The van der Waals surface area contributed by atoms with Gasteiger partial charge < -0.3 is 5.73 Å². The summed E-state index contributed by atoms with van der Waals surface area (Å²) in [6.45, 7) is 3.51. The molecule has 0 radical (unpaired) electrons. The SMILES string of the molecule is NCCN(Cc1ccccc1)Cc1csc(Br)c1. The topological polar surface area (TPSA) is 29.3 Å². The van der Waals surface area contributed by atoms with E-state index in [4.69, 9.17) is 5.73 Å². The summed E-state index contributed by atoms with van der Waals surface area (Å²) in [7, 11) is 0. The minimum atomic E-state index is 0.693. The molecule has 0 spiro atoms. The molecule has 2 N–H and O–H groups in total. The van der Waals surface area contributed by atoms with Crippen molar-refractivity contribution in [1.29, 1.82) is 0 Å². The van der Waals surface area contributed by atoms with Gasteiger partial charge in [0.1, 0.15) is 0 Å². The lowest BCUT2D eigenvalue weighted by Crippen LogP contribution is -2.28. The summed E-state index contributed by atoms with van der Waals surface area (Å²) in [5.74, 6) is 0. The quantitative estimate of drug-likeness (QED) is 0.881. The van der Waals surface area contributed by atoms with Crippen molar-refractivity contribution >= 4 is 27.3 Å². The van der Waals surface area contributed by atoms with Crippen molar-refractivity contribution in [2.45, 2.75) is 13.1 Å². The number of hydrogen-bond donors (Lipinski definition) is 1. The zero-order chi connectivity index (χ0) is 12.8. The average Bonchev–Trinajstić information content (AvgIpc) is 2.76. The van der Waals surface area contributed by atoms with Crippen molar-refractivity contribution in [3.05, 3.63) is 56.7 Å². The molecule has 0 amide bonds. The van der Waals surface area contributed by atoms with E-state index in [9.17, 15) is 0 Å². The van der Waals surface area contributed by atoms with Gasteiger partial charge in [-0.3, -0.25) is 4.90 Å². The van der Waals surface area contributed by atoms with Gasteiger partial charge in [0.2, 0.25) is 0 Å². The van der Waals surface area contributed by atoms with Crippen LogP contribution in [0.15, 0.2) is 45.6 Å². The molecule has 1 aromatic carbocycles. The number of rotatable bonds is 6. The van der Waals surface area contributed by atoms with Crippen LogP contribution in [-0.2, 0) is 13.1 Å². The Morgan fingerprint density at radius 1 is 1.11 bits per heavy atom. The molecular weight excluding hydrogens is 308 g/mol. The first-order valence-electron chi connectivity index (χ1n) is 5.97. The molecule has 2 nitrogen and oxygen atoms in total. The Bertz CT molecular complexity index is 470. The zero-order valence-electron chi connectivity index (χ0n) is 10.2. The van der Waals surface area contributed by atoms with Crippen molar-refractivity contribution in [3.8, 4) is 0 Å². The number of benzene rings is 1. The van der Waals surface area contributed by atoms with Crippen LogP contribution in [0.3, 0.4) is 0 Å². The van der Waals surface area contributed by atoms with Crippen molar-refractivity contribution in [3.63, 3.8) is 0 Å².